The standard InChI is InChI=1S/C19H21F3N2O3/c1-18(2)14(10-23(3)11-25)17(24-8-4-5-16(24)26)13-9-12(19(20,21)22)6-7-15(13)27-18/h6-7,9,11H,4-5,8,10H2,1-3H3. The van der Waals surface area contributed by atoms with Crippen LogP contribution in [0.4, 0.5) is 13.2 Å². The maximum Gasteiger partial charge on any atom is 0.416 e. The molecule has 2 aliphatic heterocycles. The maximum atomic E-state index is 13.3. The van der Waals surface area contributed by atoms with Crippen LogP contribution in [0, 0.1) is 0 Å². The first-order valence-corrected chi connectivity index (χ1v) is 8.65. The van der Waals surface area contributed by atoms with Crippen LogP contribution in [-0.2, 0) is 15.8 Å². The topological polar surface area (TPSA) is 49.9 Å². The molecule has 0 atom stereocenters. The summed E-state index contributed by atoms with van der Waals surface area (Å²) in [5.41, 5.74) is -0.449. The number of hydrogen-bond acceptors (Lipinski definition) is 3. The summed E-state index contributed by atoms with van der Waals surface area (Å²) in [6, 6.07) is 3.29. The fourth-order valence-corrected chi connectivity index (χ4v) is 3.51. The predicted molar refractivity (Wildman–Crippen MR) is 92.7 cm³/mol. The van der Waals surface area contributed by atoms with Crippen molar-refractivity contribution in [2.24, 2.45) is 0 Å². The third-order valence-electron chi connectivity index (χ3n) is 4.87. The van der Waals surface area contributed by atoms with Gasteiger partial charge in [-0.3, -0.25) is 9.59 Å². The molecule has 5 nitrogen and oxygen atoms in total. The summed E-state index contributed by atoms with van der Waals surface area (Å²) in [7, 11) is 1.57. The van der Waals surface area contributed by atoms with Gasteiger partial charge < -0.3 is 14.5 Å². The highest BCUT2D eigenvalue weighted by molar-refractivity contribution is 5.91. The molecule has 8 heteroatoms. The molecule has 27 heavy (non-hydrogen) atoms. The number of benzene rings is 1. The van der Waals surface area contributed by atoms with Gasteiger partial charge >= 0.3 is 6.18 Å². The van der Waals surface area contributed by atoms with Crippen molar-refractivity contribution in [3.63, 3.8) is 0 Å². The zero-order valence-electron chi connectivity index (χ0n) is 15.4. The van der Waals surface area contributed by atoms with Gasteiger partial charge in [-0.15, -0.1) is 0 Å². The van der Waals surface area contributed by atoms with Crippen LogP contribution in [0.5, 0.6) is 5.75 Å². The van der Waals surface area contributed by atoms with Crippen LogP contribution in [-0.4, -0.2) is 47.9 Å². The van der Waals surface area contributed by atoms with E-state index in [4.69, 9.17) is 4.74 Å². The molecule has 1 aromatic rings. The van der Waals surface area contributed by atoms with E-state index in [1.54, 1.807) is 20.9 Å². The maximum absolute atomic E-state index is 13.3. The average molecular weight is 382 g/mol. The molecule has 0 saturated carbocycles. The molecule has 0 unspecified atom stereocenters. The number of ether oxygens (including phenoxy) is 1. The Bertz CT molecular complexity index is 815. The molecule has 1 fully saturated rings. The number of hydrogen-bond donors (Lipinski definition) is 0. The van der Waals surface area contributed by atoms with E-state index in [1.165, 1.54) is 15.9 Å². The van der Waals surface area contributed by atoms with E-state index in [1.807, 2.05) is 0 Å². The molecule has 1 saturated heterocycles. The average Bonchev–Trinajstić information content (AvgIpc) is 2.99. The molecule has 2 heterocycles. The lowest BCUT2D eigenvalue weighted by molar-refractivity contribution is -0.137. The predicted octanol–water partition coefficient (Wildman–Crippen LogP) is 3.30. The number of carbonyl (C=O) groups is 2. The van der Waals surface area contributed by atoms with Crippen LogP contribution in [0.2, 0.25) is 0 Å². The monoisotopic (exact) mass is 382 g/mol. The number of likely N-dealkylation sites (N-methyl/N-ethyl adjacent to an activating group) is 1. The van der Waals surface area contributed by atoms with Crippen molar-refractivity contribution < 1.29 is 27.5 Å². The minimum Gasteiger partial charge on any atom is -0.483 e. The van der Waals surface area contributed by atoms with Gasteiger partial charge in [0.25, 0.3) is 0 Å². The van der Waals surface area contributed by atoms with Crippen LogP contribution in [0.3, 0.4) is 0 Å². The summed E-state index contributed by atoms with van der Waals surface area (Å²) < 4.78 is 45.7. The molecule has 3 rings (SSSR count). The molecule has 1 aromatic carbocycles. The van der Waals surface area contributed by atoms with Gasteiger partial charge in [0, 0.05) is 37.7 Å². The second-order valence-electron chi connectivity index (χ2n) is 7.32. The van der Waals surface area contributed by atoms with E-state index in [9.17, 15) is 22.8 Å². The summed E-state index contributed by atoms with van der Waals surface area (Å²) in [6.07, 6.45) is -2.90. The van der Waals surface area contributed by atoms with Gasteiger partial charge in [-0.2, -0.15) is 13.2 Å². The molecule has 0 aromatic heterocycles. The smallest absolute Gasteiger partial charge is 0.416 e. The van der Waals surface area contributed by atoms with Gasteiger partial charge in [0.1, 0.15) is 11.4 Å². The largest absolute Gasteiger partial charge is 0.483 e. The van der Waals surface area contributed by atoms with Gasteiger partial charge in [0.15, 0.2) is 0 Å². The lowest BCUT2D eigenvalue weighted by Crippen LogP contribution is -2.42. The summed E-state index contributed by atoms with van der Waals surface area (Å²) in [6.45, 7) is 4.13. The van der Waals surface area contributed by atoms with Crippen LogP contribution < -0.4 is 4.74 Å². The minimum atomic E-state index is -4.51. The highest BCUT2D eigenvalue weighted by Crippen LogP contribution is 2.45. The summed E-state index contributed by atoms with van der Waals surface area (Å²) >= 11 is 0. The van der Waals surface area contributed by atoms with Gasteiger partial charge in [-0.25, -0.2) is 0 Å². The van der Waals surface area contributed by atoms with E-state index < -0.39 is 17.3 Å². The van der Waals surface area contributed by atoms with Crippen LogP contribution in [0.1, 0.15) is 37.8 Å². The summed E-state index contributed by atoms with van der Waals surface area (Å²) in [5.74, 6) is 0.150. The second-order valence-corrected chi connectivity index (χ2v) is 7.32. The fraction of sp³-hybridized carbons (Fsp3) is 0.474. The van der Waals surface area contributed by atoms with Crippen molar-refractivity contribution in [2.75, 3.05) is 20.1 Å². The molecule has 0 spiro atoms. The quantitative estimate of drug-likeness (QED) is 0.751. The van der Waals surface area contributed by atoms with Crippen LogP contribution in [0.25, 0.3) is 5.70 Å². The number of amides is 2. The third-order valence-corrected chi connectivity index (χ3v) is 4.87. The van der Waals surface area contributed by atoms with Crippen molar-refractivity contribution in [1.29, 1.82) is 0 Å². The zero-order valence-corrected chi connectivity index (χ0v) is 15.4. The molecule has 146 valence electrons. The number of nitrogens with zero attached hydrogens (tertiary/aromatic N) is 2. The molecule has 2 amide bonds. The Morgan fingerprint density at radius 2 is 2.04 bits per heavy atom. The molecule has 0 aliphatic carbocycles. The molecular formula is C19H21F3N2O3. The Morgan fingerprint density at radius 1 is 1.33 bits per heavy atom. The molecule has 2 aliphatic rings. The number of alkyl halides is 3. The van der Waals surface area contributed by atoms with Crippen molar-refractivity contribution in [3.05, 3.63) is 34.9 Å². The number of halogens is 3. The highest BCUT2D eigenvalue weighted by Gasteiger charge is 2.41. The van der Waals surface area contributed by atoms with Crippen molar-refractivity contribution >= 4 is 18.0 Å². The van der Waals surface area contributed by atoms with Crippen LogP contribution >= 0.6 is 0 Å². The first-order valence-electron chi connectivity index (χ1n) is 8.65. The number of carbonyl (C=O) groups excluding carboxylic acids is 2. The third kappa shape index (κ3) is 3.52. The molecule has 0 radical (unpaired) electrons. The van der Waals surface area contributed by atoms with Gasteiger partial charge in [-0.05, 0) is 38.5 Å². The van der Waals surface area contributed by atoms with Crippen molar-refractivity contribution in [3.8, 4) is 5.75 Å². The van der Waals surface area contributed by atoms with Gasteiger partial charge in [-0.1, -0.05) is 0 Å². The number of rotatable bonds is 4. The molecule has 0 bridgehead atoms. The summed E-state index contributed by atoms with van der Waals surface area (Å²) in [5, 5.41) is 0. The highest BCUT2D eigenvalue weighted by atomic mass is 19.4. The Balaban J connectivity index is 2.25. The molecular weight excluding hydrogens is 361 g/mol. The zero-order chi connectivity index (χ0) is 20.0. The Labute approximate surface area is 155 Å². The first-order chi connectivity index (χ1) is 12.5. The SMILES string of the molecule is CN(C=O)CC1=C(N2CCCC2=O)c2cc(C(F)(F)F)ccc2OC1(C)C. The number of fused-ring (bicyclic) bond motifs is 1. The van der Waals surface area contributed by atoms with E-state index in [-0.39, 0.29) is 18.0 Å². The Morgan fingerprint density at radius 3 is 2.59 bits per heavy atom. The van der Waals surface area contributed by atoms with E-state index in [2.05, 4.69) is 0 Å². The lowest BCUT2D eigenvalue weighted by Gasteiger charge is -2.40. The minimum absolute atomic E-state index is 0.141. The van der Waals surface area contributed by atoms with Crippen molar-refractivity contribution in [2.45, 2.75) is 38.5 Å². The first kappa shape index (κ1) is 19.3. The lowest BCUT2D eigenvalue weighted by atomic mass is 9.87. The van der Waals surface area contributed by atoms with E-state index in [0.717, 1.165) is 12.1 Å². The molecule has 0 N–H and O–H groups in total. The Hall–Kier alpha value is -2.51. The normalized spacial score (nSPS) is 19.0. The van der Waals surface area contributed by atoms with Crippen molar-refractivity contribution in [1.82, 2.24) is 9.80 Å². The summed E-state index contributed by atoms with van der Waals surface area (Å²) in [4.78, 5) is 26.5. The van der Waals surface area contributed by atoms with E-state index >= 15 is 0 Å². The Kier molecular flexibility index (Phi) is 4.69. The number of likely N-dealkylation sites (tertiary alicyclic amines) is 1. The van der Waals surface area contributed by atoms with Gasteiger partial charge in [0.05, 0.1) is 11.3 Å². The fourth-order valence-electron chi connectivity index (χ4n) is 3.51. The second kappa shape index (κ2) is 6.58. The van der Waals surface area contributed by atoms with E-state index in [0.29, 0.717) is 42.8 Å². The van der Waals surface area contributed by atoms with Gasteiger partial charge in [0.2, 0.25) is 12.3 Å². The van der Waals surface area contributed by atoms with Crippen LogP contribution in [0.15, 0.2) is 23.8 Å².